The molecule has 0 radical (unpaired) electrons. The molecule has 1 aliphatic rings. The van der Waals surface area contributed by atoms with E-state index in [9.17, 15) is 0 Å². The maximum absolute atomic E-state index is 5.70. The van der Waals surface area contributed by atoms with Crippen molar-refractivity contribution in [3.05, 3.63) is 16.6 Å². The van der Waals surface area contributed by atoms with E-state index >= 15 is 0 Å². The number of hydrogen-bond donors (Lipinski definition) is 1. The van der Waals surface area contributed by atoms with Crippen LogP contribution < -0.4 is 5.32 Å². The first kappa shape index (κ1) is 12.0. The van der Waals surface area contributed by atoms with E-state index < -0.39 is 0 Å². The lowest BCUT2D eigenvalue weighted by molar-refractivity contribution is -0.0627. The van der Waals surface area contributed by atoms with E-state index in [1.807, 2.05) is 11.6 Å². The molecule has 2 rings (SSSR count). The molecule has 4 heteroatoms. The van der Waals surface area contributed by atoms with Gasteiger partial charge in [0.2, 0.25) is 0 Å². The van der Waals surface area contributed by atoms with Crippen molar-refractivity contribution in [1.82, 2.24) is 10.3 Å². The van der Waals surface area contributed by atoms with Crippen LogP contribution in [0.15, 0.2) is 11.6 Å². The van der Waals surface area contributed by atoms with Gasteiger partial charge in [-0.05, 0) is 26.7 Å². The van der Waals surface area contributed by atoms with Crippen LogP contribution in [0.1, 0.15) is 31.7 Å². The Balaban J connectivity index is 1.70. The Morgan fingerprint density at radius 3 is 3.19 bits per heavy atom. The number of nitrogens with zero attached hydrogens (tertiary/aromatic N) is 1. The first-order valence-corrected chi connectivity index (χ1v) is 6.79. The largest absolute Gasteiger partial charge is 0.375 e. The molecule has 0 amide bonds. The summed E-state index contributed by atoms with van der Waals surface area (Å²) in [4.78, 5) is 4.28. The van der Waals surface area contributed by atoms with Crippen LogP contribution in [0.2, 0.25) is 0 Å². The van der Waals surface area contributed by atoms with Gasteiger partial charge >= 0.3 is 0 Å². The number of thiazole rings is 1. The summed E-state index contributed by atoms with van der Waals surface area (Å²) in [5.41, 5.74) is 0.0388. The van der Waals surface area contributed by atoms with Crippen LogP contribution in [0.4, 0.5) is 0 Å². The van der Waals surface area contributed by atoms with Crippen LogP contribution in [0.25, 0.3) is 0 Å². The zero-order chi connectivity index (χ0) is 11.4. The highest BCUT2D eigenvalue weighted by Crippen LogP contribution is 2.23. The monoisotopic (exact) mass is 240 g/mol. The van der Waals surface area contributed by atoms with E-state index in [4.69, 9.17) is 4.74 Å². The second kappa shape index (κ2) is 5.25. The van der Waals surface area contributed by atoms with Crippen LogP contribution in [0, 0.1) is 0 Å². The van der Waals surface area contributed by atoms with Crippen molar-refractivity contribution in [3.8, 4) is 0 Å². The third-order valence-electron chi connectivity index (χ3n) is 2.95. The fourth-order valence-electron chi connectivity index (χ4n) is 2.17. The van der Waals surface area contributed by atoms with E-state index in [1.165, 1.54) is 5.01 Å². The molecule has 1 saturated heterocycles. The topological polar surface area (TPSA) is 34.2 Å². The molecule has 16 heavy (non-hydrogen) atoms. The maximum atomic E-state index is 5.70. The molecule has 0 spiro atoms. The van der Waals surface area contributed by atoms with E-state index in [0.717, 1.165) is 32.4 Å². The molecular formula is C12H20N2OS. The molecule has 1 N–H and O–H groups in total. The molecule has 1 aromatic rings. The van der Waals surface area contributed by atoms with Crippen molar-refractivity contribution in [2.45, 2.75) is 44.8 Å². The third kappa shape index (κ3) is 3.54. The molecule has 0 aromatic carbocycles. The summed E-state index contributed by atoms with van der Waals surface area (Å²) in [6, 6.07) is 0.601. The standard InChI is InChI=1S/C12H20N2OS/c1-12(2)9-10(4-7-15-12)13-5-3-11-14-6-8-16-11/h6,8,10,13H,3-5,7,9H2,1-2H3. The van der Waals surface area contributed by atoms with Gasteiger partial charge in [0, 0.05) is 37.2 Å². The molecule has 2 heterocycles. The van der Waals surface area contributed by atoms with Gasteiger partial charge in [-0.3, -0.25) is 0 Å². The molecule has 1 aliphatic heterocycles. The first-order valence-electron chi connectivity index (χ1n) is 5.91. The average Bonchev–Trinajstić information content (AvgIpc) is 2.69. The molecule has 1 fully saturated rings. The third-order valence-corrected chi connectivity index (χ3v) is 3.79. The minimum absolute atomic E-state index is 0.0388. The number of nitrogens with one attached hydrogen (secondary N) is 1. The molecule has 1 aromatic heterocycles. The van der Waals surface area contributed by atoms with Gasteiger partial charge in [-0.25, -0.2) is 4.98 Å². The molecule has 3 nitrogen and oxygen atoms in total. The zero-order valence-electron chi connectivity index (χ0n) is 10.0. The summed E-state index contributed by atoms with van der Waals surface area (Å²) in [7, 11) is 0. The van der Waals surface area contributed by atoms with Crippen LogP contribution in [0.5, 0.6) is 0 Å². The summed E-state index contributed by atoms with van der Waals surface area (Å²) < 4.78 is 5.70. The molecule has 0 bridgehead atoms. The smallest absolute Gasteiger partial charge is 0.0937 e. The fourth-order valence-corrected chi connectivity index (χ4v) is 2.79. The van der Waals surface area contributed by atoms with E-state index in [0.29, 0.717) is 6.04 Å². The van der Waals surface area contributed by atoms with E-state index in [2.05, 4.69) is 24.1 Å². The molecule has 1 unspecified atom stereocenters. The Labute approximate surface area is 101 Å². The van der Waals surface area contributed by atoms with Crippen molar-refractivity contribution in [2.24, 2.45) is 0 Å². The van der Waals surface area contributed by atoms with Gasteiger partial charge < -0.3 is 10.1 Å². The lowest BCUT2D eigenvalue weighted by Gasteiger charge is -2.35. The summed E-state index contributed by atoms with van der Waals surface area (Å²) in [5, 5.41) is 6.86. The predicted molar refractivity (Wildman–Crippen MR) is 66.9 cm³/mol. The van der Waals surface area contributed by atoms with Gasteiger partial charge in [-0.15, -0.1) is 11.3 Å². The summed E-state index contributed by atoms with van der Waals surface area (Å²) >= 11 is 1.73. The Morgan fingerprint density at radius 1 is 1.62 bits per heavy atom. The van der Waals surface area contributed by atoms with Crippen molar-refractivity contribution >= 4 is 11.3 Å². The Morgan fingerprint density at radius 2 is 2.50 bits per heavy atom. The van der Waals surface area contributed by atoms with Crippen molar-refractivity contribution in [1.29, 1.82) is 0 Å². The number of rotatable bonds is 4. The lowest BCUT2D eigenvalue weighted by atomic mass is 9.94. The van der Waals surface area contributed by atoms with Crippen LogP contribution in [-0.2, 0) is 11.2 Å². The zero-order valence-corrected chi connectivity index (χ0v) is 10.8. The molecule has 0 aliphatic carbocycles. The Bertz CT molecular complexity index is 311. The number of aromatic nitrogens is 1. The van der Waals surface area contributed by atoms with Gasteiger partial charge in [-0.2, -0.15) is 0 Å². The molecule has 1 atom stereocenters. The molecule has 0 saturated carbocycles. The van der Waals surface area contributed by atoms with Crippen molar-refractivity contribution in [3.63, 3.8) is 0 Å². The highest BCUT2D eigenvalue weighted by Gasteiger charge is 2.28. The predicted octanol–water partition coefficient (Wildman–Crippen LogP) is 2.23. The summed E-state index contributed by atoms with van der Waals surface area (Å²) in [6.45, 7) is 6.24. The second-order valence-electron chi connectivity index (χ2n) is 4.93. The Kier molecular flexibility index (Phi) is 3.95. The minimum Gasteiger partial charge on any atom is -0.375 e. The molecule has 90 valence electrons. The molecular weight excluding hydrogens is 220 g/mol. The van der Waals surface area contributed by atoms with Crippen molar-refractivity contribution in [2.75, 3.05) is 13.2 Å². The summed E-state index contributed by atoms with van der Waals surface area (Å²) in [5.74, 6) is 0. The maximum Gasteiger partial charge on any atom is 0.0937 e. The summed E-state index contributed by atoms with van der Waals surface area (Å²) in [6.07, 6.45) is 5.14. The van der Waals surface area contributed by atoms with Gasteiger partial charge in [-0.1, -0.05) is 0 Å². The van der Waals surface area contributed by atoms with Crippen molar-refractivity contribution < 1.29 is 4.74 Å². The average molecular weight is 240 g/mol. The van der Waals surface area contributed by atoms with Crippen LogP contribution >= 0.6 is 11.3 Å². The van der Waals surface area contributed by atoms with Gasteiger partial charge in [0.05, 0.1) is 10.6 Å². The van der Waals surface area contributed by atoms with Gasteiger partial charge in [0.15, 0.2) is 0 Å². The first-order chi connectivity index (χ1) is 7.66. The van der Waals surface area contributed by atoms with E-state index in [-0.39, 0.29) is 5.60 Å². The lowest BCUT2D eigenvalue weighted by Crippen LogP contribution is -2.44. The Hall–Kier alpha value is -0.450. The fraction of sp³-hybridized carbons (Fsp3) is 0.750. The van der Waals surface area contributed by atoms with E-state index in [1.54, 1.807) is 11.3 Å². The highest BCUT2D eigenvalue weighted by atomic mass is 32.1. The van der Waals surface area contributed by atoms with Crippen LogP contribution in [0.3, 0.4) is 0 Å². The normalized spacial score (nSPS) is 24.5. The van der Waals surface area contributed by atoms with Gasteiger partial charge in [0.1, 0.15) is 0 Å². The number of ether oxygens (including phenoxy) is 1. The minimum atomic E-state index is 0.0388. The SMILES string of the molecule is CC1(C)CC(NCCc2nccs2)CCO1. The highest BCUT2D eigenvalue weighted by molar-refractivity contribution is 7.09. The van der Waals surface area contributed by atoms with Gasteiger partial charge in [0.25, 0.3) is 0 Å². The quantitative estimate of drug-likeness (QED) is 0.876. The number of hydrogen-bond acceptors (Lipinski definition) is 4. The second-order valence-corrected chi connectivity index (χ2v) is 5.91. The van der Waals surface area contributed by atoms with Crippen LogP contribution in [-0.4, -0.2) is 29.8 Å².